The highest BCUT2D eigenvalue weighted by molar-refractivity contribution is 5.96. The minimum Gasteiger partial charge on any atom is -0.391 e. The minimum atomic E-state index is -1.19. The zero-order valence-corrected chi connectivity index (χ0v) is 28.6. The lowest BCUT2D eigenvalue weighted by Gasteiger charge is -2.35. The van der Waals surface area contributed by atoms with Crippen molar-refractivity contribution in [1.29, 1.82) is 0 Å². The minimum absolute atomic E-state index is 0.00594. The Morgan fingerprint density at radius 1 is 0.820 bits per heavy atom. The Labute approximate surface area is 291 Å². The summed E-state index contributed by atoms with van der Waals surface area (Å²) in [5, 5.41) is 23.6. The van der Waals surface area contributed by atoms with Gasteiger partial charge >= 0.3 is 0 Å². The molecule has 2 aromatic rings. The number of amides is 6. The summed E-state index contributed by atoms with van der Waals surface area (Å²) in [6, 6.07) is 12.6. The van der Waals surface area contributed by atoms with Crippen LogP contribution in [-0.4, -0.2) is 115 Å². The lowest BCUT2D eigenvalue weighted by Crippen LogP contribution is -2.59. The van der Waals surface area contributed by atoms with Crippen LogP contribution in [0.15, 0.2) is 54.6 Å². The number of nitrogens with zero attached hydrogens (tertiary/aromatic N) is 1. The molecule has 4 rings (SSSR count). The lowest BCUT2D eigenvalue weighted by atomic mass is 9.85. The molecular formula is C35H47N7O8. The number of nitrogens with one attached hydrogen (secondary N) is 5. The first-order valence-corrected chi connectivity index (χ1v) is 16.6. The zero-order valence-electron chi connectivity index (χ0n) is 28.6. The van der Waals surface area contributed by atoms with E-state index in [1.165, 1.54) is 4.90 Å². The van der Waals surface area contributed by atoms with E-state index in [1.807, 2.05) is 54.6 Å². The van der Waals surface area contributed by atoms with Gasteiger partial charge in [-0.25, -0.2) is 0 Å². The molecule has 15 heteroatoms. The average molecular weight is 694 g/mol. The van der Waals surface area contributed by atoms with Gasteiger partial charge in [-0.05, 0) is 22.1 Å². The van der Waals surface area contributed by atoms with Gasteiger partial charge in [-0.3, -0.25) is 28.8 Å². The first-order chi connectivity index (χ1) is 23.8. The predicted octanol–water partition coefficient (Wildman–Crippen LogP) is -1.42. The number of hydrogen-bond donors (Lipinski definition) is 7. The fourth-order valence-corrected chi connectivity index (χ4v) is 5.80. The Balaban J connectivity index is 1.62. The van der Waals surface area contributed by atoms with Crippen LogP contribution >= 0.6 is 0 Å². The molecular weight excluding hydrogens is 646 g/mol. The maximum Gasteiger partial charge on any atom is 0.246 e. The number of carbonyl (C=O) groups excluding carboxylic acids is 6. The van der Waals surface area contributed by atoms with Crippen LogP contribution in [0, 0.1) is 5.41 Å². The Kier molecular flexibility index (Phi) is 13.0. The van der Waals surface area contributed by atoms with E-state index in [2.05, 4.69) is 26.6 Å². The molecule has 8 N–H and O–H groups in total. The van der Waals surface area contributed by atoms with Gasteiger partial charge in [0.05, 0.1) is 19.3 Å². The second kappa shape index (κ2) is 17.2. The number of nitrogens with two attached hydrogens (primary N) is 1. The van der Waals surface area contributed by atoms with Crippen LogP contribution < -0.4 is 32.3 Å². The largest absolute Gasteiger partial charge is 0.391 e. The van der Waals surface area contributed by atoms with Gasteiger partial charge in [0.2, 0.25) is 35.4 Å². The maximum atomic E-state index is 13.9. The number of aliphatic hydroxyl groups excluding tert-OH is 1. The van der Waals surface area contributed by atoms with Gasteiger partial charge in [0.1, 0.15) is 30.8 Å². The summed E-state index contributed by atoms with van der Waals surface area (Å²) in [5.41, 5.74) is 7.57. The van der Waals surface area contributed by atoms with Crippen molar-refractivity contribution in [3.63, 3.8) is 0 Å². The molecule has 0 saturated carbocycles. The summed E-state index contributed by atoms with van der Waals surface area (Å²) in [5.74, 6) is -3.83. The van der Waals surface area contributed by atoms with Gasteiger partial charge in [-0.2, -0.15) is 0 Å². The fraction of sp³-hybridized carbons (Fsp3) is 0.486. The molecule has 2 aliphatic rings. The molecule has 50 heavy (non-hydrogen) atoms. The Morgan fingerprint density at radius 3 is 2.14 bits per heavy atom. The van der Waals surface area contributed by atoms with Gasteiger partial charge in [-0.1, -0.05) is 75.4 Å². The van der Waals surface area contributed by atoms with Crippen molar-refractivity contribution in [2.75, 3.05) is 39.4 Å². The molecule has 5 atom stereocenters. The molecule has 0 bridgehead atoms. The Morgan fingerprint density at radius 2 is 1.48 bits per heavy atom. The van der Waals surface area contributed by atoms with Crippen molar-refractivity contribution in [2.24, 2.45) is 11.1 Å². The summed E-state index contributed by atoms with van der Waals surface area (Å²) >= 11 is 0. The molecule has 0 radical (unpaired) electrons. The van der Waals surface area contributed by atoms with Crippen molar-refractivity contribution in [2.45, 2.75) is 63.9 Å². The molecule has 2 fully saturated rings. The fourth-order valence-electron chi connectivity index (χ4n) is 5.80. The average Bonchev–Trinajstić information content (AvgIpc) is 3.49. The molecule has 15 nitrogen and oxygen atoms in total. The number of fused-ring (bicyclic) bond motifs is 1. The normalized spacial score (nSPS) is 25.3. The van der Waals surface area contributed by atoms with Gasteiger partial charge in [0.15, 0.2) is 0 Å². The van der Waals surface area contributed by atoms with Crippen LogP contribution in [0.25, 0.3) is 11.1 Å². The smallest absolute Gasteiger partial charge is 0.246 e. The zero-order chi connectivity index (χ0) is 36.4. The quantitative estimate of drug-likeness (QED) is 0.200. The number of benzene rings is 2. The van der Waals surface area contributed by atoms with E-state index in [9.17, 15) is 33.9 Å². The summed E-state index contributed by atoms with van der Waals surface area (Å²) in [6.07, 6.45) is -1.08. The van der Waals surface area contributed by atoms with Crippen LogP contribution in [0.4, 0.5) is 0 Å². The summed E-state index contributed by atoms with van der Waals surface area (Å²) < 4.78 is 5.38. The third-order valence-electron chi connectivity index (χ3n) is 8.51. The number of rotatable bonds is 4. The molecule has 0 aliphatic carbocycles. The van der Waals surface area contributed by atoms with E-state index in [0.717, 1.165) is 11.1 Å². The Hall–Kier alpha value is -4.86. The van der Waals surface area contributed by atoms with Crippen LogP contribution in [0.1, 0.15) is 32.8 Å². The van der Waals surface area contributed by atoms with E-state index in [-0.39, 0.29) is 39.1 Å². The van der Waals surface area contributed by atoms with E-state index in [4.69, 9.17) is 10.5 Å². The molecule has 2 saturated heterocycles. The van der Waals surface area contributed by atoms with E-state index < -0.39 is 84.3 Å². The summed E-state index contributed by atoms with van der Waals surface area (Å²) in [4.78, 5) is 80.8. The molecule has 2 aliphatic heterocycles. The van der Waals surface area contributed by atoms with Crippen LogP contribution in [0.2, 0.25) is 0 Å². The van der Waals surface area contributed by atoms with E-state index in [0.29, 0.717) is 5.56 Å². The highest BCUT2D eigenvalue weighted by Gasteiger charge is 2.45. The maximum absolute atomic E-state index is 13.9. The van der Waals surface area contributed by atoms with Crippen molar-refractivity contribution in [1.82, 2.24) is 31.5 Å². The van der Waals surface area contributed by atoms with Gasteiger partial charge < -0.3 is 47.1 Å². The van der Waals surface area contributed by atoms with Crippen LogP contribution in [0.5, 0.6) is 0 Å². The molecule has 2 heterocycles. The number of ether oxygens (including phenoxy) is 1. The molecule has 0 aromatic heterocycles. The van der Waals surface area contributed by atoms with Crippen molar-refractivity contribution in [3.8, 4) is 11.1 Å². The van der Waals surface area contributed by atoms with Gasteiger partial charge in [0.25, 0.3) is 0 Å². The molecule has 270 valence electrons. The summed E-state index contributed by atoms with van der Waals surface area (Å²) in [7, 11) is 0. The second-order valence-electron chi connectivity index (χ2n) is 13.5. The number of carbonyl (C=O) groups is 6. The number of hydrogen-bond acceptors (Lipinski definition) is 9. The van der Waals surface area contributed by atoms with Crippen LogP contribution in [-0.2, 0) is 39.9 Å². The van der Waals surface area contributed by atoms with Crippen molar-refractivity contribution in [3.05, 3.63) is 60.2 Å². The van der Waals surface area contributed by atoms with Gasteiger partial charge in [0, 0.05) is 32.5 Å². The molecule has 0 unspecified atom stereocenters. The van der Waals surface area contributed by atoms with E-state index >= 15 is 0 Å². The molecule has 6 amide bonds. The first-order valence-electron chi connectivity index (χ1n) is 16.6. The highest BCUT2D eigenvalue weighted by Crippen LogP contribution is 2.26. The van der Waals surface area contributed by atoms with Gasteiger partial charge in [-0.15, -0.1) is 0 Å². The standard InChI is InChI=1S/C35H47N7O8/c1-35(2,3)30-34(49)42-19-24(43)16-27(42)33(48)40-25(15-21-9-11-23(12-10-21)22-7-5-4-6-8-22)31(46)38-18-28(44)39-26(17-36)32(47)37-13-14-50-20-29(45)41-30/h4-12,24-27,30,43H,13-20,36H2,1-3H3,(H,37,47)(H,38,46)(H,39,44)(H,40,48)(H,41,45)/t24-,25-,26-,27+,30-/m1/s1. The van der Waals surface area contributed by atoms with Crippen molar-refractivity contribution < 1.29 is 38.6 Å². The van der Waals surface area contributed by atoms with E-state index in [1.54, 1.807) is 20.8 Å². The first kappa shape index (κ1) is 38.0. The SMILES string of the molecule is CC(C)(C)[C@@H]1NC(=O)COCCNC(=O)[C@@H](CN)NC(=O)CNC(=O)[C@@H](Cc2ccc(-c3ccccc3)cc2)NC(=O)[C@@H]2C[C@@H](O)CN2C1=O. The predicted molar refractivity (Wildman–Crippen MR) is 183 cm³/mol. The third-order valence-corrected chi connectivity index (χ3v) is 8.51. The topological polar surface area (TPSA) is 221 Å². The van der Waals surface area contributed by atoms with Crippen molar-refractivity contribution >= 4 is 35.4 Å². The monoisotopic (exact) mass is 693 g/mol. The number of aliphatic hydroxyl groups is 1. The van der Waals surface area contributed by atoms with Crippen LogP contribution in [0.3, 0.4) is 0 Å². The molecule has 0 spiro atoms. The second-order valence-corrected chi connectivity index (χ2v) is 13.5. The lowest BCUT2D eigenvalue weighted by molar-refractivity contribution is -0.145. The Bertz CT molecular complexity index is 1530. The highest BCUT2D eigenvalue weighted by atomic mass is 16.5. The third kappa shape index (κ3) is 10.3. The summed E-state index contributed by atoms with van der Waals surface area (Å²) in [6.45, 7) is 3.90. The molecule has 2 aromatic carbocycles.